The summed E-state index contributed by atoms with van der Waals surface area (Å²) < 4.78 is 5.32. The number of aromatic nitrogens is 2. The molecule has 0 aliphatic rings. The van der Waals surface area contributed by atoms with Crippen LogP contribution in [-0.2, 0) is 6.54 Å². The van der Waals surface area contributed by atoms with E-state index in [2.05, 4.69) is 10.1 Å². The van der Waals surface area contributed by atoms with E-state index in [9.17, 15) is 14.9 Å². The predicted octanol–water partition coefficient (Wildman–Crippen LogP) is 4.00. The molecular formula is C20H20N4O4. The van der Waals surface area contributed by atoms with Crippen molar-refractivity contribution >= 4 is 11.6 Å². The van der Waals surface area contributed by atoms with Crippen molar-refractivity contribution < 1.29 is 14.2 Å². The summed E-state index contributed by atoms with van der Waals surface area (Å²) in [5.74, 6) is 0.518. The van der Waals surface area contributed by atoms with Gasteiger partial charge in [0.2, 0.25) is 11.7 Å². The van der Waals surface area contributed by atoms with Crippen molar-refractivity contribution in [2.45, 2.75) is 33.4 Å². The van der Waals surface area contributed by atoms with Gasteiger partial charge in [0.15, 0.2) is 0 Å². The third-order valence-electron chi connectivity index (χ3n) is 4.33. The molecule has 28 heavy (non-hydrogen) atoms. The van der Waals surface area contributed by atoms with Crippen molar-refractivity contribution in [1.29, 1.82) is 0 Å². The molecule has 8 nitrogen and oxygen atoms in total. The number of hydrogen-bond acceptors (Lipinski definition) is 6. The predicted molar refractivity (Wildman–Crippen MR) is 103 cm³/mol. The van der Waals surface area contributed by atoms with E-state index in [0.29, 0.717) is 22.8 Å². The molecule has 0 spiro atoms. The van der Waals surface area contributed by atoms with Crippen molar-refractivity contribution in [2.24, 2.45) is 0 Å². The van der Waals surface area contributed by atoms with Gasteiger partial charge in [0, 0.05) is 28.8 Å². The Balaban J connectivity index is 1.82. The number of amides is 1. The molecule has 2 aromatic carbocycles. The van der Waals surface area contributed by atoms with Crippen molar-refractivity contribution in [1.82, 2.24) is 15.0 Å². The molecule has 0 aliphatic heterocycles. The molecule has 144 valence electrons. The topological polar surface area (TPSA) is 102 Å². The van der Waals surface area contributed by atoms with Gasteiger partial charge in [-0.2, -0.15) is 4.98 Å². The minimum absolute atomic E-state index is 0.0166. The number of hydrogen-bond donors (Lipinski definition) is 0. The second kappa shape index (κ2) is 7.99. The van der Waals surface area contributed by atoms with Crippen molar-refractivity contribution in [3.05, 3.63) is 75.7 Å². The number of nitro groups is 1. The molecule has 8 heteroatoms. The summed E-state index contributed by atoms with van der Waals surface area (Å²) in [6.07, 6.45) is 0. The third-order valence-corrected chi connectivity index (χ3v) is 4.33. The first-order valence-corrected chi connectivity index (χ1v) is 8.81. The first-order chi connectivity index (χ1) is 13.4. The molecule has 0 saturated heterocycles. The molecule has 0 radical (unpaired) electrons. The van der Waals surface area contributed by atoms with Gasteiger partial charge < -0.3 is 9.42 Å². The van der Waals surface area contributed by atoms with Crippen LogP contribution in [0.15, 0.2) is 53.1 Å². The van der Waals surface area contributed by atoms with Crippen LogP contribution in [0.25, 0.3) is 11.4 Å². The van der Waals surface area contributed by atoms with Crippen molar-refractivity contribution in [2.75, 3.05) is 0 Å². The molecule has 1 heterocycles. The quantitative estimate of drug-likeness (QED) is 0.473. The van der Waals surface area contributed by atoms with Crippen LogP contribution >= 0.6 is 0 Å². The van der Waals surface area contributed by atoms with E-state index >= 15 is 0 Å². The molecule has 3 aromatic rings. The minimum atomic E-state index is -0.465. The normalized spacial score (nSPS) is 10.9. The highest BCUT2D eigenvalue weighted by atomic mass is 16.6. The highest BCUT2D eigenvalue weighted by Gasteiger charge is 2.23. The third kappa shape index (κ3) is 4.06. The minimum Gasteiger partial charge on any atom is -0.337 e. The molecule has 0 bridgehead atoms. The van der Waals surface area contributed by atoms with Crippen LogP contribution < -0.4 is 0 Å². The molecule has 0 N–H and O–H groups in total. The standard InChI is InChI=1S/C20H20N4O4/c1-13(2)23(20(25)16-9-10-17(24(26)27)14(3)11-16)12-18-21-19(22-28-18)15-7-5-4-6-8-15/h4-11,13H,12H2,1-3H3. The lowest BCUT2D eigenvalue weighted by Gasteiger charge is -2.25. The number of carbonyl (C=O) groups is 1. The summed E-state index contributed by atoms with van der Waals surface area (Å²) in [4.78, 5) is 29.4. The monoisotopic (exact) mass is 380 g/mol. The fraction of sp³-hybridized carbons (Fsp3) is 0.250. The van der Waals surface area contributed by atoms with Crippen LogP contribution in [-0.4, -0.2) is 31.9 Å². The number of benzene rings is 2. The molecule has 1 aromatic heterocycles. The van der Waals surface area contributed by atoms with Crippen LogP contribution in [0.5, 0.6) is 0 Å². The first-order valence-electron chi connectivity index (χ1n) is 8.81. The zero-order valence-electron chi connectivity index (χ0n) is 15.8. The summed E-state index contributed by atoms with van der Waals surface area (Å²) in [6.45, 7) is 5.51. The number of rotatable bonds is 6. The van der Waals surface area contributed by atoms with E-state index < -0.39 is 4.92 Å². The Labute approximate surface area is 161 Å². The lowest BCUT2D eigenvalue weighted by atomic mass is 10.1. The van der Waals surface area contributed by atoms with E-state index in [1.807, 2.05) is 44.2 Å². The average molecular weight is 380 g/mol. The number of carbonyl (C=O) groups excluding carboxylic acids is 1. The van der Waals surface area contributed by atoms with Crippen molar-refractivity contribution in [3.63, 3.8) is 0 Å². The van der Waals surface area contributed by atoms with Gasteiger partial charge in [-0.25, -0.2) is 0 Å². The lowest BCUT2D eigenvalue weighted by Crippen LogP contribution is -2.36. The maximum Gasteiger partial charge on any atom is 0.272 e. The Kier molecular flexibility index (Phi) is 5.49. The summed E-state index contributed by atoms with van der Waals surface area (Å²) in [5, 5.41) is 15.0. The van der Waals surface area contributed by atoms with Gasteiger partial charge in [-0.15, -0.1) is 0 Å². The van der Waals surface area contributed by atoms with Crippen molar-refractivity contribution in [3.8, 4) is 11.4 Å². The Morgan fingerprint density at radius 2 is 1.93 bits per heavy atom. The molecule has 0 saturated carbocycles. The Bertz CT molecular complexity index is 998. The van der Waals surface area contributed by atoms with Crippen LogP contribution in [0.1, 0.15) is 35.7 Å². The van der Waals surface area contributed by atoms with Gasteiger partial charge in [-0.05, 0) is 32.9 Å². The highest BCUT2D eigenvalue weighted by Crippen LogP contribution is 2.22. The van der Waals surface area contributed by atoms with Crippen LogP contribution in [0.3, 0.4) is 0 Å². The van der Waals surface area contributed by atoms with Gasteiger partial charge in [-0.3, -0.25) is 14.9 Å². The average Bonchev–Trinajstić information content (AvgIpc) is 3.14. The van der Waals surface area contributed by atoms with E-state index in [4.69, 9.17) is 4.52 Å². The molecule has 3 rings (SSSR count). The summed E-state index contributed by atoms with van der Waals surface area (Å²) >= 11 is 0. The smallest absolute Gasteiger partial charge is 0.272 e. The van der Waals surface area contributed by atoms with E-state index in [1.54, 1.807) is 11.8 Å². The fourth-order valence-electron chi connectivity index (χ4n) is 2.82. The summed E-state index contributed by atoms with van der Waals surface area (Å²) in [5.41, 5.74) is 1.62. The Morgan fingerprint density at radius 3 is 2.54 bits per heavy atom. The maximum absolute atomic E-state index is 13.0. The molecular weight excluding hydrogens is 360 g/mol. The van der Waals surface area contributed by atoms with Gasteiger partial charge in [0.25, 0.3) is 11.6 Å². The number of nitrogens with zero attached hydrogens (tertiary/aromatic N) is 4. The number of aryl methyl sites for hydroxylation is 1. The number of nitro benzene ring substituents is 1. The fourth-order valence-corrected chi connectivity index (χ4v) is 2.82. The largest absolute Gasteiger partial charge is 0.337 e. The second-order valence-corrected chi connectivity index (χ2v) is 6.66. The zero-order valence-corrected chi connectivity index (χ0v) is 15.8. The van der Waals surface area contributed by atoms with E-state index in [0.717, 1.165) is 5.56 Å². The van der Waals surface area contributed by atoms with Crippen LogP contribution in [0, 0.1) is 17.0 Å². The Morgan fingerprint density at radius 1 is 1.21 bits per heavy atom. The molecule has 0 unspecified atom stereocenters. The SMILES string of the molecule is Cc1cc(C(=O)N(Cc2nc(-c3ccccc3)no2)C(C)C)ccc1[N+](=O)[O-]. The van der Waals surface area contributed by atoms with Crippen LogP contribution in [0.2, 0.25) is 0 Å². The summed E-state index contributed by atoms with van der Waals surface area (Å²) in [7, 11) is 0. The highest BCUT2D eigenvalue weighted by molar-refractivity contribution is 5.94. The molecule has 0 fully saturated rings. The molecule has 1 amide bonds. The lowest BCUT2D eigenvalue weighted by molar-refractivity contribution is -0.385. The van der Waals surface area contributed by atoms with E-state index in [-0.39, 0.29) is 24.2 Å². The Hall–Kier alpha value is -3.55. The van der Waals surface area contributed by atoms with E-state index in [1.165, 1.54) is 18.2 Å². The van der Waals surface area contributed by atoms with Gasteiger partial charge in [0.1, 0.15) is 6.54 Å². The van der Waals surface area contributed by atoms with Gasteiger partial charge >= 0.3 is 0 Å². The van der Waals surface area contributed by atoms with Crippen LogP contribution in [0.4, 0.5) is 5.69 Å². The van der Waals surface area contributed by atoms with Gasteiger partial charge in [-0.1, -0.05) is 35.5 Å². The second-order valence-electron chi connectivity index (χ2n) is 6.66. The molecule has 0 aliphatic carbocycles. The maximum atomic E-state index is 13.0. The first kappa shape index (κ1) is 19.2. The summed E-state index contributed by atoms with van der Waals surface area (Å²) in [6, 6.07) is 13.6. The molecule has 0 atom stereocenters. The zero-order chi connectivity index (χ0) is 20.3. The van der Waals surface area contributed by atoms with Gasteiger partial charge in [0.05, 0.1) is 4.92 Å².